The van der Waals surface area contributed by atoms with Crippen molar-refractivity contribution >= 4 is 23.2 Å². The third kappa shape index (κ3) is 3.79. The van der Waals surface area contributed by atoms with Crippen molar-refractivity contribution in [3.05, 3.63) is 59.7 Å². The van der Waals surface area contributed by atoms with Crippen LogP contribution in [0.3, 0.4) is 0 Å². The molecular weight excluding hydrogens is 324 g/mol. The summed E-state index contributed by atoms with van der Waals surface area (Å²) in [4.78, 5) is 27.2. The number of amides is 2. The number of hydrogen-bond donors (Lipinski definition) is 1. The van der Waals surface area contributed by atoms with Crippen LogP contribution in [0.4, 0.5) is 11.4 Å². The summed E-state index contributed by atoms with van der Waals surface area (Å²) in [7, 11) is 0. The van der Waals surface area contributed by atoms with E-state index in [0.717, 1.165) is 37.9 Å². The van der Waals surface area contributed by atoms with E-state index < -0.39 is 0 Å². The zero-order valence-electron chi connectivity index (χ0n) is 15.5. The number of nitrogens with one attached hydrogen (secondary N) is 1. The van der Waals surface area contributed by atoms with Crippen LogP contribution in [0.5, 0.6) is 0 Å². The quantitative estimate of drug-likeness (QED) is 0.853. The molecule has 0 unspecified atom stereocenters. The van der Waals surface area contributed by atoms with Crippen LogP contribution in [0.25, 0.3) is 0 Å². The number of fused-ring (bicyclic) bond motifs is 1. The average molecular weight is 350 g/mol. The Kier molecular flexibility index (Phi) is 5.71. The fourth-order valence-electron chi connectivity index (χ4n) is 3.53. The molecule has 26 heavy (non-hydrogen) atoms. The highest BCUT2D eigenvalue weighted by atomic mass is 16.2. The lowest BCUT2D eigenvalue weighted by atomic mass is 10.0. The molecule has 0 spiro atoms. The Morgan fingerprint density at radius 3 is 2.62 bits per heavy atom. The zero-order valence-corrected chi connectivity index (χ0v) is 15.5. The molecule has 1 aliphatic heterocycles. The predicted molar refractivity (Wildman–Crippen MR) is 106 cm³/mol. The third-order valence-corrected chi connectivity index (χ3v) is 5.09. The van der Waals surface area contributed by atoms with Crippen LogP contribution in [0.1, 0.15) is 49.0 Å². The maximum atomic E-state index is 13.1. The molecule has 0 radical (unpaired) electrons. The third-order valence-electron chi connectivity index (χ3n) is 5.09. The second-order valence-corrected chi connectivity index (χ2v) is 6.77. The summed E-state index contributed by atoms with van der Waals surface area (Å²) in [5.74, 6) is 0.00188. The highest BCUT2D eigenvalue weighted by Gasteiger charge is 2.23. The number of benzene rings is 2. The Bertz CT molecular complexity index is 796. The normalized spacial score (nSPS) is 13.4. The van der Waals surface area contributed by atoms with Gasteiger partial charge in [-0.3, -0.25) is 9.59 Å². The molecule has 1 aliphatic rings. The molecule has 0 aliphatic carbocycles. The minimum Gasteiger partial charge on any atom is -0.326 e. The fourth-order valence-corrected chi connectivity index (χ4v) is 3.53. The Hall–Kier alpha value is -2.62. The molecule has 0 saturated heterocycles. The van der Waals surface area contributed by atoms with Crippen molar-refractivity contribution in [1.82, 2.24) is 0 Å². The Balaban J connectivity index is 1.80. The summed E-state index contributed by atoms with van der Waals surface area (Å²) in [6.45, 7) is 4.75. The number of aryl methyl sites for hydroxylation is 1. The monoisotopic (exact) mass is 350 g/mol. The molecule has 4 heteroatoms. The van der Waals surface area contributed by atoms with E-state index in [4.69, 9.17) is 0 Å². The first-order valence-electron chi connectivity index (χ1n) is 9.44. The van der Waals surface area contributed by atoms with Gasteiger partial charge in [-0.25, -0.2) is 0 Å². The number of rotatable bonds is 5. The Morgan fingerprint density at radius 1 is 1.08 bits per heavy atom. The van der Waals surface area contributed by atoms with E-state index in [1.165, 1.54) is 5.56 Å². The molecule has 0 aromatic heterocycles. The zero-order chi connectivity index (χ0) is 18.5. The maximum Gasteiger partial charge on any atom is 0.258 e. The summed E-state index contributed by atoms with van der Waals surface area (Å²) < 4.78 is 0. The summed E-state index contributed by atoms with van der Waals surface area (Å²) in [5.41, 5.74) is 3.49. The first-order chi connectivity index (χ1) is 12.6. The second kappa shape index (κ2) is 8.17. The first kappa shape index (κ1) is 18.2. The van der Waals surface area contributed by atoms with Crippen LogP contribution >= 0.6 is 0 Å². The van der Waals surface area contributed by atoms with E-state index in [1.54, 1.807) is 6.07 Å². The van der Waals surface area contributed by atoms with Crippen LogP contribution < -0.4 is 10.2 Å². The van der Waals surface area contributed by atoms with Gasteiger partial charge in [0, 0.05) is 29.4 Å². The topological polar surface area (TPSA) is 49.4 Å². The highest BCUT2D eigenvalue weighted by molar-refractivity contribution is 6.07. The number of para-hydroxylation sites is 1. The molecule has 2 aromatic carbocycles. The number of carbonyl (C=O) groups is 2. The molecule has 2 aromatic rings. The number of nitrogens with zero attached hydrogens (tertiary/aromatic N) is 1. The number of anilines is 2. The van der Waals surface area contributed by atoms with Gasteiger partial charge in [-0.05, 0) is 55.5 Å². The van der Waals surface area contributed by atoms with Crippen molar-refractivity contribution in [2.75, 3.05) is 16.8 Å². The van der Waals surface area contributed by atoms with E-state index in [9.17, 15) is 9.59 Å². The molecule has 136 valence electrons. The van der Waals surface area contributed by atoms with Crippen molar-refractivity contribution in [3.63, 3.8) is 0 Å². The van der Waals surface area contributed by atoms with Gasteiger partial charge in [0.2, 0.25) is 5.91 Å². The number of hydrogen-bond acceptors (Lipinski definition) is 2. The lowest BCUT2D eigenvalue weighted by Crippen LogP contribution is -2.35. The maximum absolute atomic E-state index is 13.1. The van der Waals surface area contributed by atoms with Gasteiger partial charge >= 0.3 is 0 Å². The van der Waals surface area contributed by atoms with Gasteiger partial charge in [-0.2, -0.15) is 0 Å². The summed E-state index contributed by atoms with van der Waals surface area (Å²) in [6.07, 6.45) is 3.59. The van der Waals surface area contributed by atoms with E-state index in [-0.39, 0.29) is 17.7 Å². The second-order valence-electron chi connectivity index (χ2n) is 6.77. The van der Waals surface area contributed by atoms with Gasteiger partial charge in [-0.15, -0.1) is 0 Å². The van der Waals surface area contributed by atoms with E-state index in [1.807, 2.05) is 55.1 Å². The number of carbonyl (C=O) groups excluding carboxylic acids is 2. The highest BCUT2D eigenvalue weighted by Crippen LogP contribution is 2.28. The molecule has 0 bridgehead atoms. The first-order valence-corrected chi connectivity index (χ1v) is 9.44. The molecule has 4 nitrogen and oxygen atoms in total. The summed E-state index contributed by atoms with van der Waals surface area (Å²) >= 11 is 0. The standard InChI is InChI=1S/C22H26N2O2/c1-3-16(4-2)21(25)23-19-12-7-10-18(15-19)22(26)24-14-8-11-17-9-5-6-13-20(17)24/h5-7,9-10,12-13,15-16H,3-4,8,11,14H2,1-2H3,(H,23,25). The molecule has 3 rings (SSSR count). The Morgan fingerprint density at radius 2 is 1.85 bits per heavy atom. The minimum atomic E-state index is -0.0178. The molecule has 1 N–H and O–H groups in total. The molecule has 2 amide bonds. The van der Waals surface area contributed by atoms with Gasteiger partial charge in [0.15, 0.2) is 0 Å². The summed E-state index contributed by atoms with van der Waals surface area (Å²) in [5, 5.41) is 2.95. The SMILES string of the molecule is CCC(CC)C(=O)Nc1cccc(C(=O)N2CCCc3ccccc32)c1. The van der Waals surface area contributed by atoms with Gasteiger partial charge in [0.25, 0.3) is 5.91 Å². The van der Waals surface area contributed by atoms with Gasteiger partial charge in [0.05, 0.1) is 0 Å². The molecular formula is C22H26N2O2. The van der Waals surface area contributed by atoms with Crippen molar-refractivity contribution in [2.45, 2.75) is 39.5 Å². The van der Waals surface area contributed by atoms with Crippen LogP contribution in [0, 0.1) is 5.92 Å². The van der Waals surface area contributed by atoms with Crippen molar-refractivity contribution in [2.24, 2.45) is 5.92 Å². The van der Waals surface area contributed by atoms with Gasteiger partial charge < -0.3 is 10.2 Å². The van der Waals surface area contributed by atoms with Crippen molar-refractivity contribution in [1.29, 1.82) is 0 Å². The molecule has 0 atom stereocenters. The Labute approximate surface area is 155 Å². The lowest BCUT2D eigenvalue weighted by molar-refractivity contribution is -0.120. The van der Waals surface area contributed by atoms with E-state index in [2.05, 4.69) is 11.4 Å². The molecule has 1 heterocycles. The van der Waals surface area contributed by atoms with Crippen molar-refractivity contribution < 1.29 is 9.59 Å². The molecule has 0 fully saturated rings. The van der Waals surface area contributed by atoms with Crippen LogP contribution in [0.2, 0.25) is 0 Å². The van der Waals surface area contributed by atoms with E-state index >= 15 is 0 Å². The van der Waals surface area contributed by atoms with Gasteiger partial charge in [-0.1, -0.05) is 38.1 Å². The van der Waals surface area contributed by atoms with Crippen LogP contribution in [-0.2, 0) is 11.2 Å². The van der Waals surface area contributed by atoms with Gasteiger partial charge in [0.1, 0.15) is 0 Å². The summed E-state index contributed by atoms with van der Waals surface area (Å²) in [6, 6.07) is 15.3. The van der Waals surface area contributed by atoms with E-state index in [0.29, 0.717) is 11.3 Å². The minimum absolute atomic E-state index is 0.00308. The van der Waals surface area contributed by atoms with Crippen LogP contribution in [0.15, 0.2) is 48.5 Å². The van der Waals surface area contributed by atoms with Crippen LogP contribution in [-0.4, -0.2) is 18.4 Å². The largest absolute Gasteiger partial charge is 0.326 e. The molecule has 0 saturated carbocycles. The van der Waals surface area contributed by atoms with Crippen molar-refractivity contribution in [3.8, 4) is 0 Å². The fraction of sp³-hybridized carbons (Fsp3) is 0.364. The lowest BCUT2D eigenvalue weighted by Gasteiger charge is -2.29. The smallest absolute Gasteiger partial charge is 0.258 e. The predicted octanol–water partition coefficient (Wildman–Crippen LogP) is 4.65. The average Bonchev–Trinajstić information content (AvgIpc) is 2.68.